The first-order valence-corrected chi connectivity index (χ1v) is 9.80. The minimum Gasteiger partial charge on any atom is -0.258 e. The lowest BCUT2D eigenvalue weighted by Crippen LogP contribution is -2.30. The first-order valence-electron chi connectivity index (χ1n) is 8.32. The number of sulfonamides is 1. The highest BCUT2D eigenvalue weighted by molar-refractivity contribution is 7.89. The molecule has 3 aromatic rings. The number of rotatable bonds is 7. The third kappa shape index (κ3) is 4.58. The molecule has 0 aliphatic rings. The number of nitrogens with zero attached hydrogens (tertiary/aromatic N) is 1. The Morgan fingerprint density at radius 2 is 1.41 bits per heavy atom. The van der Waals surface area contributed by atoms with Crippen LogP contribution in [0.4, 0.5) is 5.69 Å². The van der Waals surface area contributed by atoms with E-state index in [4.69, 9.17) is 0 Å². The maximum Gasteiger partial charge on any atom is 0.289 e. The Bertz CT molecular complexity index is 1020. The van der Waals surface area contributed by atoms with Crippen LogP contribution in [-0.2, 0) is 16.4 Å². The highest BCUT2D eigenvalue weighted by Crippen LogP contribution is 2.26. The van der Waals surface area contributed by atoms with E-state index >= 15 is 0 Å². The number of nitro benzene ring substituents is 1. The van der Waals surface area contributed by atoms with Gasteiger partial charge < -0.3 is 0 Å². The third-order valence-electron chi connectivity index (χ3n) is 4.13. The van der Waals surface area contributed by atoms with Crippen molar-refractivity contribution in [2.45, 2.75) is 17.4 Å². The molecule has 6 nitrogen and oxygen atoms in total. The minimum absolute atomic E-state index is 0.344. The quantitative estimate of drug-likeness (QED) is 0.496. The monoisotopic (exact) mass is 382 g/mol. The summed E-state index contributed by atoms with van der Waals surface area (Å²) in [7, 11) is -4.10. The molecule has 0 saturated carbocycles. The van der Waals surface area contributed by atoms with Crippen molar-refractivity contribution in [3.63, 3.8) is 0 Å². The summed E-state index contributed by atoms with van der Waals surface area (Å²) in [5.74, 6) is 0. The van der Waals surface area contributed by atoms with Gasteiger partial charge in [-0.15, -0.1) is 0 Å². The molecule has 3 aromatic carbocycles. The molecule has 1 unspecified atom stereocenters. The summed E-state index contributed by atoms with van der Waals surface area (Å²) < 4.78 is 28.5. The average molecular weight is 382 g/mol. The van der Waals surface area contributed by atoms with Crippen molar-refractivity contribution in [1.29, 1.82) is 0 Å². The molecule has 0 bridgehead atoms. The van der Waals surface area contributed by atoms with Gasteiger partial charge in [-0.2, -0.15) is 0 Å². The molecule has 138 valence electrons. The number of benzene rings is 3. The van der Waals surface area contributed by atoms with Gasteiger partial charge in [-0.1, -0.05) is 72.8 Å². The highest BCUT2D eigenvalue weighted by Gasteiger charge is 2.28. The molecule has 0 aliphatic heterocycles. The van der Waals surface area contributed by atoms with Gasteiger partial charge in [0.1, 0.15) is 0 Å². The molecule has 0 fully saturated rings. The van der Waals surface area contributed by atoms with Gasteiger partial charge in [0.2, 0.25) is 10.0 Å². The van der Waals surface area contributed by atoms with Gasteiger partial charge in [-0.3, -0.25) is 10.1 Å². The molecule has 1 atom stereocenters. The summed E-state index contributed by atoms with van der Waals surface area (Å²) in [6, 6.07) is 23.4. The number of para-hydroxylation sites is 1. The molecule has 0 aromatic heterocycles. The summed E-state index contributed by atoms with van der Waals surface area (Å²) in [5.41, 5.74) is 1.29. The van der Waals surface area contributed by atoms with Gasteiger partial charge in [0.15, 0.2) is 4.90 Å². The van der Waals surface area contributed by atoms with E-state index in [0.717, 1.165) is 11.1 Å². The molecule has 0 radical (unpaired) electrons. The molecule has 27 heavy (non-hydrogen) atoms. The Hall–Kier alpha value is -3.03. The van der Waals surface area contributed by atoms with Crippen LogP contribution in [0.2, 0.25) is 0 Å². The summed E-state index contributed by atoms with van der Waals surface area (Å²) in [4.78, 5) is 10.2. The van der Waals surface area contributed by atoms with E-state index in [1.54, 1.807) is 0 Å². The fraction of sp³-hybridized carbons (Fsp3) is 0.100. The predicted octanol–water partition coefficient (Wildman–Crippen LogP) is 3.86. The first kappa shape index (κ1) is 18.8. The standard InChI is InChI=1S/C20H18N2O4S/c23-22(24)19-13-7-8-14-20(19)27(25,26)21-18(17-11-5-2-6-12-17)15-16-9-3-1-4-10-16/h1-14,18,21H,15H2. The molecule has 3 rings (SSSR count). The van der Waals surface area contributed by atoms with Crippen LogP contribution in [0.5, 0.6) is 0 Å². The Morgan fingerprint density at radius 1 is 0.852 bits per heavy atom. The molecule has 0 amide bonds. The van der Waals surface area contributed by atoms with Gasteiger partial charge >= 0.3 is 0 Å². The van der Waals surface area contributed by atoms with Crippen molar-refractivity contribution in [1.82, 2.24) is 4.72 Å². The van der Waals surface area contributed by atoms with Crippen LogP contribution >= 0.6 is 0 Å². The lowest BCUT2D eigenvalue weighted by Gasteiger charge is -2.19. The van der Waals surface area contributed by atoms with Crippen molar-refractivity contribution in [3.05, 3.63) is 106 Å². The second-order valence-electron chi connectivity index (χ2n) is 6.00. The molecule has 0 heterocycles. The number of hydrogen-bond donors (Lipinski definition) is 1. The van der Waals surface area contributed by atoms with E-state index in [9.17, 15) is 18.5 Å². The zero-order valence-electron chi connectivity index (χ0n) is 14.4. The van der Waals surface area contributed by atoms with Crippen LogP contribution in [0.25, 0.3) is 0 Å². The summed E-state index contributed by atoms with van der Waals surface area (Å²) >= 11 is 0. The van der Waals surface area contributed by atoms with Crippen LogP contribution < -0.4 is 4.72 Å². The van der Waals surface area contributed by atoms with E-state index in [-0.39, 0.29) is 4.90 Å². The first-order chi connectivity index (χ1) is 13.0. The number of nitrogens with one attached hydrogen (secondary N) is 1. The fourth-order valence-electron chi connectivity index (χ4n) is 2.85. The van der Waals surface area contributed by atoms with E-state index in [0.29, 0.717) is 6.42 Å². The maximum atomic E-state index is 12.9. The molecular formula is C20H18N2O4S. The van der Waals surface area contributed by atoms with Crippen LogP contribution in [0.15, 0.2) is 89.8 Å². The van der Waals surface area contributed by atoms with Gasteiger partial charge in [-0.05, 0) is 23.6 Å². The van der Waals surface area contributed by atoms with Gasteiger partial charge in [0, 0.05) is 6.07 Å². The molecule has 0 spiro atoms. The highest BCUT2D eigenvalue weighted by atomic mass is 32.2. The van der Waals surface area contributed by atoms with Crippen LogP contribution in [0.3, 0.4) is 0 Å². The van der Waals surface area contributed by atoms with Crippen LogP contribution in [0.1, 0.15) is 17.2 Å². The van der Waals surface area contributed by atoms with E-state index in [2.05, 4.69) is 4.72 Å². The predicted molar refractivity (Wildman–Crippen MR) is 103 cm³/mol. The van der Waals surface area contributed by atoms with Gasteiger partial charge in [-0.25, -0.2) is 13.1 Å². The third-order valence-corrected chi connectivity index (χ3v) is 5.65. The summed E-state index contributed by atoms with van der Waals surface area (Å²) in [6.45, 7) is 0. The fourth-order valence-corrected chi connectivity index (χ4v) is 4.25. The average Bonchev–Trinajstić information content (AvgIpc) is 2.69. The van der Waals surface area contributed by atoms with Gasteiger partial charge in [0.05, 0.1) is 11.0 Å². The summed E-state index contributed by atoms with van der Waals surface area (Å²) in [5, 5.41) is 11.2. The van der Waals surface area contributed by atoms with Crippen molar-refractivity contribution < 1.29 is 13.3 Å². The van der Waals surface area contributed by atoms with Crippen molar-refractivity contribution in [2.75, 3.05) is 0 Å². The zero-order chi connectivity index (χ0) is 19.3. The smallest absolute Gasteiger partial charge is 0.258 e. The van der Waals surface area contributed by atoms with Crippen LogP contribution in [0, 0.1) is 10.1 Å². The van der Waals surface area contributed by atoms with Crippen molar-refractivity contribution in [3.8, 4) is 0 Å². The van der Waals surface area contributed by atoms with E-state index in [1.165, 1.54) is 24.3 Å². The Balaban J connectivity index is 1.97. The molecule has 7 heteroatoms. The Morgan fingerprint density at radius 3 is 2.04 bits per heavy atom. The maximum absolute atomic E-state index is 12.9. The summed E-state index contributed by atoms with van der Waals surface area (Å²) in [6.07, 6.45) is 0.421. The second-order valence-corrected chi connectivity index (χ2v) is 7.68. The molecule has 0 aliphatic carbocycles. The van der Waals surface area contributed by atoms with E-state index in [1.807, 2.05) is 60.7 Å². The zero-order valence-corrected chi connectivity index (χ0v) is 15.2. The largest absolute Gasteiger partial charge is 0.289 e. The molecular weight excluding hydrogens is 364 g/mol. The molecule has 1 N–H and O–H groups in total. The lowest BCUT2D eigenvalue weighted by molar-refractivity contribution is -0.387. The second kappa shape index (κ2) is 8.11. The SMILES string of the molecule is O=[N+]([O-])c1ccccc1S(=O)(=O)NC(Cc1ccccc1)c1ccccc1. The molecule has 0 saturated heterocycles. The topological polar surface area (TPSA) is 89.3 Å². The van der Waals surface area contributed by atoms with Crippen molar-refractivity contribution >= 4 is 15.7 Å². The Kier molecular flexibility index (Phi) is 5.63. The van der Waals surface area contributed by atoms with Crippen LogP contribution in [-0.4, -0.2) is 13.3 Å². The normalized spacial score (nSPS) is 12.4. The lowest BCUT2D eigenvalue weighted by atomic mass is 10.00. The van der Waals surface area contributed by atoms with E-state index < -0.39 is 26.7 Å². The number of nitro groups is 1. The Labute approximate surface area is 157 Å². The van der Waals surface area contributed by atoms with Crippen molar-refractivity contribution in [2.24, 2.45) is 0 Å². The minimum atomic E-state index is -4.10. The van der Waals surface area contributed by atoms with Gasteiger partial charge in [0.25, 0.3) is 5.69 Å². The number of hydrogen-bond acceptors (Lipinski definition) is 4.